The lowest BCUT2D eigenvalue weighted by Gasteiger charge is -2.06. The second kappa shape index (κ2) is 5.59. The zero-order chi connectivity index (χ0) is 16.7. The van der Waals surface area contributed by atoms with Gasteiger partial charge in [-0.05, 0) is 36.8 Å². The van der Waals surface area contributed by atoms with Crippen LogP contribution in [-0.2, 0) is 6.54 Å². The van der Waals surface area contributed by atoms with E-state index in [4.69, 9.17) is 11.6 Å². The van der Waals surface area contributed by atoms with E-state index in [0.29, 0.717) is 17.3 Å². The van der Waals surface area contributed by atoms with E-state index in [1.165, 1.54) is 0 Å². The number of aromatic nitrogens is 4. The van der Waals surface area contributed by atoms with Gasteiger partial charge in [0, 0.05) is 17.8 Å². The summed E-state index contributed by atoms with van der Waals surface area (Å²) in [5, 5.41) is 16.2. The molecule has 3 heterocycles. The van der Waals surface area contributed by atoms with Crippen LogP contribution in [0.1, 0.15) is 17.0 Å². The molecule has 0 N–H and O–H groups in total. The SMILES string of the molecule is Cc1nn(Cc2ccc3ncc(Cl)cc3c2)c2ccnc(C#N)c12. The second-order valence-corrected chi connectivity index (χ2v) is 6.03. The Hall–Kier alpha value is -2.97. The fraction of sp³-hybridized carbons (Fsp3) is 0.111. The van der Waals surface area contributed by atoms with Gasteiger partial charge in [-0.3, -0.25) is 9.67 Å². The summed E-state index contributed by atoms with van der Waals surface area (Å²) < 4.78 is 1.90. The van der Waals surface area contributed by atoms with Gasteiger partial charge >= 0.3 is 0 Å². The summed E-state index contributed by atoms with van der Waals surface area (Å²) in [6, 6.07) is 12.0. The fourth-order valence-corrected chi connectivity index (χ4v) is 3.11. The number of rotatable bonds is 2. The predicted molar refractivity (Wildman–Crippen MR) is 92.8 cm³/mol. The number of nitrogens with zero attached hydrogens (tertiary/aromatic N) is 5. The van der Waals surface area contributed by atoms with Crippen LogP contribution >= 0.6 is 11.6 Å². The molecule has 5 nitrogen and oxygen atoms in total. The second-order valence-electron chi connectivity index (χ2n) is 5.59. The van der Waals surface area contributed by atoms with Crippen molar-refractivity contribution >= 4 is 33.4 Å². The lowest BCUT2D eigenvalue weighted by molar-refractivity contribution is 0.704. The van der Waals surface area contributed by atoms with Crippen LogP contribution in [0.15, 0.2) is 42.7 Å². The highest BCUT2D eigenvalue weighted by Crippen LogP contribution is 2.23. The summed E-state index contributed by atoms with van der Waals surface area (Å²) in [7, 11) is 0. The average Bonchev–Trinajstić information content (AvgIpc) is 2.90. The summed E-state index contributed by atoms with van der Waals surface area (Å²) in [6.07, 6.45) is 3.28. The Balaban J connectivity index is 1.81. The number of aryl methyl sites for hydroxylation is 1. The summed E-state index contributed by atoms with van der Waals surface area (Å²) in [6.45, 7) is 2.49. The van der Waals surface area contributed by atoms with Gasteiger partial charge in [0.05, 0.1) is 33.7 Å². The minimum atomic E-state index is 0.408. The van der Waals surface area contributed by atoms with Gasteiger partial charge in [-0.2, -0.15) is 10.4 Å². The van der Waals surface area contributed by atoms with E-state index >= 15 is 0 Å². The Morgan fingerprint density at radius 2 is 2.08 bits per heavy atom. The third kappa shape index (κ3) is 2.38. The zero-order valence-corrected chi connectivity index (χ0v) is 13.6. The van der Waals surface area contributed by atoms with Crippen molar-refractivity contribution in [2.24, 2.45) is 0 Å². The molecule has 1 aromatic carbocycles. The quantitative estimate of drug-likeness (QED) is 0.558. The molecule has 0 saturated carbocycles. The molecule has 3 aromatic heterocycles. The molecule has 4 rings (SSSR count). The smallest absolute Gasteiger partial charge is 0.151 e. The van der Waals surface area contributed by atoms with E-state index in [1.807, 2.05) is 35.9 Å². The standard InChI is InChI=1S/C18H12ClN5/c1-11-18-16(8-20)21-5-4-17(18)24(23-11)10-12-2-3-15-13(6-12)7-14(19)9-22-15/h2-7,9H,10H2,1H3. The third-order valence-corrected chi connectivity index (χ3v) is 4.20. The Labute approximate surface area is 143 Å². The van der Waals surface area contributed by atoms with Crippen LogP contribution in [0.4, 0.5) is 0 Å². The van der Waals surface area contributed by atoms with Crippen molar-refractivity contribution in [3.63, 3.8) is 0 Å². The molecule has 0 amide bonds. The lowest BCUT2D eigenvalue weighted by Crippen LogP contribution is -2.02. The molecule has 0 aliphatic heterocycles. The molecule has 0 radical (unpaired) electrons. The van der Waals surface area contributed by atoms with Crippen LogP contribution in [0, 0.1) is 18.3 Å². The maximum Gasteiger partial charge on any atom is 0.151 e. The molecular formula is C18H12ClN5. The van der Waals surface area contributed by atoms with Crippen molar-refractivity contribution in [1.82, 2.24) is 19.7 Å². The molecule has 0 atom stereocenters. The molecule has 0 aliphatic rings. The molecular weight excluding hydrogens is 322 g/mol. The van der Waals surface area contributed by atoms with Crippen LogP contribution in [0.25, 0.3) is 21.8 Å². The monoisotopic (exact) mass is 333 g/mol. The first-order valence-electron chi connectivity index (χ1n) is 7.42. The van der Waals surface area contributed by atoms with E-state index in [2.05, 4.69) is 27.2 Å². The molecule has 0 bridgehead atoms. The molecule has 116 valence electrons. The van der Waals surface area contributed by atoms with E-state index in [-0.39, 0.29) is 0 Å². The Morgan fingerprint density at radius 1 is 1.21 bits per heavy atom. The molecule has 0 spiro atoms. The van der Waals surface area contributed by atoms with Crippen molar-refractivity contribution in [2.75, 3.05) is 0 Å². The van der Waals surface area contributed by atoms with Crippen molar-refractivity contribution in [1.29, 1.82) is 5.26 Å². The van der Waals surface area contributed by atoms with E-state index in [0.717, 1.165) is 33.1 Å². The first-order chi connectivity index (χ1) is 11.7. The summed E-state index contributed by atoms with van der Waals surface area (Å²) in [5.74, 6) is 0. The molecule has 0 fully saturated rings. The summed E-state index contributed by atoms with van der Waals surface area (Å²) in [4.78, 5) is 8.43. The largest absolute Gasteiger partial charge is 0.260 e. The maximum atomic E-state index is 9.23. The molecule has 6 heteroatoms. The number of fused-ring (bicyclic) bond motifs is 2. The van der Waals surface area contributed by atoms with Crippen molar-refractivity contribution in [2.45, 2.75) is 13.5 Å². The summed E-state index contributed by atoms with van der Waals surface area (Å²) in [5.41, 5.74) is 4.11. The fourth-order valence-electron chi connectivity index (χ4n) is 2.94. The van der Waals surface area contributed by atoms with Crippen LogP contribution in [-0.4, -0.2) is 19.7 Å². The minimum absolute atomic E-state index is 0.408. The van der Waals surface area contributed by atoms with Gasteiger partial charge in [0.15, 0.2) is 5.69 Å². The van der Waals surface area contributed by atoms with Crippen LogP contribution in [0.5, 0.6) is 0 Å². The first-order valence-corrected chi connectivity index (χ1v) is 7.80. The predicted octanol–water partition coefficient (Wildman–Crippen LogP) is 3.86. The topological polar surface area (TPSA) is 67.4 Å². The summed E-state index contributed by atoms with van der Waals surface area (Å²) >= 11 is 6.03. The van der Waals surface area contributed by atoms with Crippen molar-refractivity contribution < 1.29 is 0 Å². The number of benzene rings is 1. The van der Waals surface area contributed by atoms with Gasteiger partial charge in [-0.15, -0.1) is 0 Å². The minimum Gasteiger partial charge on any atom is -0.260 e. The van der Waals surface area contributed by atoms with Crippen molar-refractivity contribution in [3.05, 3.63) is 64.7 Å². The molecule has 24 heavy (non-hydrogen) atoms. The van der Waals surface area contributed by atoms with Crippen LogP contribution in [0.3, 0.4) is 0 Å². The third-order valence-electron chi connectivity index (χ3n) is 3.99. The van der Waals surface area contributed by atoms with Crippen LogP contribution < -0.4 is 0 Å². The van der Waals surface area contributed by atoms with Gasteiger partial charge in [0.1, 0.15) is 6.07 Å². The highest BCUT2D eigenvalue weighted by molar-refractivity contribution is 6.31. The van der Waals surface area contributed by atoms with Gasteiger partial charge in [-0.1, -0.05) is 17.7 Å². The van der Waals surface area contributed by atoms with Gasteiger partial charge in [0.25, 0.3) is 0 Å². The zero-order valence-electron chi connectivity index (χ0n) is 12.9. The molecule has 0 saturated heterocycles. The molecule has 4 aromatic rings. The Morgan fingerprint density at radius 3 is 2.92 bits per heavy atom. The van der Waals surface area contributed by atoms with Crippen LogP contribution in [0.2, 0.25) is 5.02 Å². The average molecular weight is 334 g/mol. The maximum absolute atomic E-state index is 9.23. The Kier molecular flexibility index (Phi) is 3.40. The van der Waals surface area contributed by atoms with Gasteiger partial charge < -0.3 is 0 Å². The van der Waals surface area contributed by atoms with Crippen molar-refractivity contribution in [3.8, 4) is 6.07 Å². The molecule has 0 aliphatic carbocycles. The molecule has 0 unspecified atom stereocenters. The number of hydrogen-bond donors (Lipinski definition) is 0. The highest BCUT2D eigenvalue weighted by atomic mass is 35.5. The normalized spacial score (nSPS) is 11.0. The highest BCUT2D eigenvalue weighted by Gasteiger charge is 2.12. The number of halogens is 1. The van der Waals surface area contributed by atoms with E-state index < -0.39 is 0 Å². The number of hydrogen-bond acceptors (Lipinski definition) is 4. The van der Waals surface area contributed by atoms with E-state index in [1.54, 1.807) is 12.4 Å². The van der Waals surface area contributed by atoms with Gasteiger partial charge in [-0.25, -0.2) is 4.98 Å². The van der Waals surface area contributed by atoms with Gasteiger partial charge in [0.2, 0.25) is 0 Å². The first kappa shape index (κ1) is 14.6. The van der Waals surface area contributed by atoms with E-state index in [9.17, 15) is 5.26 Å². The number of nitriles is 1. The Bertz CT molecular complexity index is 1120. The lowest BCUT2D eigenvalue weighted by atomic mass is 10.1. The number of pyridine rings is 2.